The van der Waals surface area contributed by atoms with Crippen molar-refractivity contribution in [3.63, 3.8) is 0 Å². The summed E-state index contributed by atoms with van der Waals surface area (Å²) in [4.78, 5) is 8.32. The SMILES string of the molecule is O[C@@H]1C[C@@H](NCc2cccn3ccnc23)CC[C@@H]1NCc1cc(F)c2ncccc2c1F. The largest absolute Gasteiger partial charge is 0.391 e. The molecule has 0 aliphatic heterocycles. The summed E-state index contributed by atoms with van der Waals surface area (Å²) in [6.45, 7) is 0.821. The molecule has 3 N–H and O–H groups in total. The molecule has 1 aromatic carbocycles. The molecular formula is C24H25F2N5O. The van der Waals surface area contributed by atoms with E-state index in [4.69, 9.17) is 0 Å². The van der Waals surface area contributed by atoms with Crippen LogP contribution in [0, 0.1) is 11.6 Å². The molecule has 166 valence electrons. The second-order valence-electron chi connectivity index (χ2n) is 8.37. The number of hydrogen-bond acceptors (Lipinski definition) is 5. The second-order valence-corrected chi connectivity index (χ2v) is 8.37. The van der Waals surface area contributed by atoms with Crippen LogP contribution in [0.5, 0.6) is 0 Å². The van der Waals surface area contributed by atoms with E-state index < -0.39 is 17.7 Å². The van der Waals surface area contributed by atoms with Crippen LogP contribution in [0.3, 0.4) is 0 Å². The Hall–Kier alpha value is -2.94. The quantitative estimate of drug-likeness (QED) is 0.432. The highest BCUT2D eigenvalue weighted by molar-refractivity contribution is 5.80. The van der Waals surface area contributed by atoms with Gasteiger partial charge in [0.25, 0.3) is 0 Å². The van der Waals surface area contributed by atoms with Crippen molar-refractivity contribution in [1.29, 1.82) is 0 Å². The van der Waals surface area contributed by atoms with Crippen LogP contribution in [-0.2, 0) is 13.1 Å². The average Bonchev–Trinajstić information content (AvgIpc) is 3.29. The van der Waals surface area contributed by atoms with Crippen LogP contribution in [0.4, 0.5) is 8.78 Å². The third-order valence-electron chi connectivity index (χ3n) is 6.31. The average molecular weight is 437 g/mol. The molecule has 1 aliphatic rings. The molecule has 6 nitrogen and oxygen atoms in total. The maximum atomic E-state index is 14.8. The first-order valence-corrected chi connectivity index (χ1v) is 10.9. The van der Waals surface area contributed by atoms with Gasteiger partial charge in [-0.2, -0.15) is 0 Å². The Morgan fingerprint density at radius 1 is 1.00 bits per heavy atom. The number of halogens is 2. The number of rotatable bonds is 6. The van der Waals surface area contributed by atoms with Gasteiger partial charge in [0.1, 0.15) is 22.8 Å². The molecule has 0 saturated heterocycles. The highest BCUT2D eigenvalue weighted by Gasteiger charge is 2.29. The molecule has 1 fully saturated rings. The van der Waals surface area contributed by atoms with Gasteiger partial charge in [-0.15, -0.1) is 0 Å². The van der Waals surface area contributed by atoms with Crippen molar-refractivity contribution in [3.05, 3.63) is 77.9 Å². The van der Waals surface area contributed by atoms with E-state index in [0.29, 0.717) is 13.0 Å². The van der Waals surface area contributed by atoms with Crippen molar-refractivity contribution < 1.29 is 13.9 Å². The van der Waals surface area contributed by atoms with Gasteiger partial charge in [-0.3, -0.25) is 4.98 Å². The Labute approximate surface area is 184 Å². The van der Waals surface area contributed by atoms with Crippen molar-refractivity contribution >= 4 is 16.6 Å². The smallest absolute Gasteiger partial charge is 0.149 e. The molecule has 1 saturated carbocycles. The molecule has 4 aromatic rings. The van der Waals surface area contributed by atoms with Crippen LogP contribution >= 0.6 is 0 Å². The Bertz CT molecular complexity index is 1240. The highest BCUT2D eigenvalue weighted by atomic mass is 19.1. The number of benzene rings is 1. The van der Waals surface area contributed by atoms with Crippen LogP contribution in [-0.4, -0.2) is 37.7 Å². The second kappa shape index (κ2) is 8.90. The van der Waals surface area contributed by atoms with Crippen LogP contribution < -0.4 is 10.6 Å². The first-order chi connectivity index (χ1) is 15.6. The number of nitrogens with zero attached hydrogens (tertiary/aromatic N) is 3. The standard InChI is InChI=1S/C24H25F2N5O/c25-19-11-16(22(26)18-4-1-7-27-23(18)19)14-30-20-6-5-17(12-21(20)32)29-13-15-3-2-9-31-10-8-28-24(15)31/h1-4,7-11,17,20-21,29-30,32H,5-6,12-14H2/t17-,20-,21+/m0/s1. The Balaban J connectivity index is 1.18. The van der Waals surface area contributed by atoms with Crippen LogP contribution in [0.25, 0.3) is 16.6 Å². The predicted molar refractivity (Wildman–Crippen MR) is 118 cm³/mol. The normalized spacial score (nSPS) is 21.4. The number of pyridine rings is 2. The minimum absolute atomic E-state index is 0.0337. The molecule has 0 unspecified atom stereocenters. The fraction of sp³-hybridized carbons (Fsp3) is 0.333. The monoisotopic (exact) mass is 437 g/mol. The van der Waals surface area contributed by atoms with Gasteiger partial charge in [-0.1, -0.05) is 6.07 Å². The molecule has 0 radical (unpaired) electrons. The lowest BCUT2D eigenvalue weighted by atomic mass is 9.88. The topological polar surface area (TPSA) is 74.5 Å². The molecule has 3 aromatic heterocycles. The molecule has 32 heavy (non-hydrogen) atoms. The minimum atomic E-state index is -0.571. The number of aliphatic hydroxyl groups excluding tert-OH is 1. The third kappa shape index (κ3) is 4.09. The molecule has 0 spiro atoms. The van der Waals surface area contributed by atoms with E-state index in [-0.39, 0.29) is 35.1 Å². The van der Waals surface area contributed by atoms with Crippen LogP contribution in [0.15, 0.2) is 55.1 Å². The van der Waals surface area contributed by atoms with Crippen molar-refractivity contribution in [2.75, 3.05) is 0 Å². The third-order valence-corrected chi connectivity index (χ3v) is 6.31. The maximum Gasteiger partial charge on any atom is 0.149 e. The summed E-state index contributed by atoms with van der Waals surface area (Å²) < 4.78 is 31.1. The molecule has 8 heteroatoms. The van der Waals surface area contributed by atoms with Crippen molar-refractivity contribution in [3.8, 4) is 0 Å². The van der Waals surface area contributed by atoms with Crippen LogP contribution in [0.1, 0.15) is 30.4 Å². The summed E-state index contributed by atoms with van der Waals surface area (Å²) in [5, 5.41) is 17.6. The Morgan fingerprint density at radius 3 is 2.75 bits per heavy atom. The minimum Gasteiger partial charge on any atom is -0.391 e. The van der Waals surface area contributed by atoms with Gasteiger partial charge in [0.05, 0.1) is 6.10 Å². The van der Waals surface area contributed by atoms with Crippen molar-refractivity contribution in [2.24, 2.45) is 0 Å². The fourth-order valence-corrected chi connectivity index (χ4v) is 4.57. The van der Waals surface area contributed by atoms with Gasteiger partial charge in [-0.25, -0.2) is 13.8 Å². The number of hydrogen-bond donors (Lipinski definition) is 3. The first kappa shape index (κ1) is 20.9. The molecule has 0 bridgehead atoms. The molecule has 0 amide bonds. The summed E-state index contributed by atoms with van der Waals surface area (Å²) in [5.74, 6) is -1.01. The zero-order chi connectivity index (χ0) is 22.1. The van der Waals surface area contributed by atoms with Gasteiger partial charge in [0.2, 0.25) is 0 Å². The van der Waals surface area contributed by atoms with Gasteiger partial charge in [0.15, 0.2) is 0 Å². The van der Waals surface area contributed by atoms with Crippen molar-refractivity contribution in [2.45, 2.75) is 50.5 Å². The lowest BCUT2D eigenvalue weighted by Crippen LogP contribution is -2.48. The molecule has 3 atom stereocenters. The number of imidazole rings is 1. The van der Waals surface area contributed by atoms with E-state index in [2.05, 4.69) is 20.6 Å². The predicted octanol–water partition coefficient (Wildman–Crippen LogP) is 3.32. The lowest BCUT2D eigenvalue weighted by molar-refractivity contribution is 0.0741. The van der Waals surface area contributed by atoms with Gasteiger partial charge in [0, 0.05) is 66.5 Å². The number of nitrogens with one attached hydrogen (secondary N) is 2. The fourth-order valence-electron chi connectivity index (χ4n) is 4.57. The van der Waals surface area contributed by atoms with E-state index >= 15 is 0 Å². The van der Waals surface area contributed by atoms with E-state index in [0.717, 1.165) is 24.1 Å². The highest BCUT2D eigenvalue weighted by Crippen LogP contribution is 2.24. The zero-order valence-corrected chi connectivity index (χ0v) is 17.5. The van der Waals surface area contributed by atoms with Gasteiger partial charge >= 0.3 is 0 Å². The van der Waals surface area contributed by atoms with Gasteiger partial charge < -0.3 is 20.1 Å². The Kier molecular flexibility index (Phi) is 5.82. The maximum absolute atomic E-state index is 14.8. The summed E-state index contributed by atoms with van der Waals surface area (Å²) in [5.41, 5.74) is 2.31. The van der Waals surface area contributed by atoms with Crippen molar-refractivity contribution in [1.82, 2.24) is 25.0 Å². The Morgan fingerprint density at radius 2 is 1.88 bits per heavy atom. The summed E-state index contributed by atoms with van der Waals surface area (Å²) in [6, 6.07) is 8.35. The number of aliphatic hydroxyl groups is 1. The summed E-state index contributed by atoms with van der Waals surface area (Å²) >= 11 is 0. The summed E-state index contributed by atoms with van der Waals surface area (Å²) in [6.07, 6.45) is 8.75. The van der Waals surface area contributed by atoms with E-state index in [1.165, 1.54) is 18.3 Å². The number of fused-ring (bicyclic) bond motifs is 2. The zero-order valence-electron chi connectivity index (χ0n) is 17.5. The van der Waals surface area contributed by atoms with Gasteiger partial charge in [-0.05, 0) is 43.5 Å². The van der Waals surface area contributed by atoms with E-state index in [1.807, 2.05) is 28.9 Å². The van der Waals surface area contributed by atoms with Crippen LogP contribution in [0.2, 0.25) is 0 Å². The van der Waals surface area contributed by atoms with E-state index in [9.17, 15) is 13.9 Å². The van der Waals surface area contributed by atoms with E-state index in [1.54, 1.807) is 12.3 Å². The molecule has 1 aliphatic carbocycles. The molecular weight excluding hydrogens is 412 g/mol. The number of aromatic nitrogens is 3. The lowest BCUT2D eigenvalue weighted by Gasteiger charge is -2.34. The molecule has 3 heterocycles. The summed E-state index contributed by atoms with van der Waals surface area (Å²) in [7, 11) is 0. The molecule has 5 rings (SSSR count). The first-order valence-electron chi connectivity index (χ1n) is 10.9.